The summed E-state index contributed by atoms with van der Waals surface area (Å²) in [6.45, 7) is 3.45. The molecule has 1 N–H and O–H groups in total. The van der Waals surface area contributed by atoms with E-state index >= 15 is 0 Å². The molecular weight excluding hydrogens is 487 g/mol. The second-order valence-electron chi connectivity index (χ2n) is 7.80. The van der Waals surface area contributed by atoms with E-state index in [9.17, 15) is 26.7 Å². The fourth-order valence-electron chi connectivity index (χ4n) is 3.22. The average molecular weight is 504 g/mol. The molecule has 1 amide bonds. The number of aryl methyl sites for hydroxylation is 1. The van der Waals surface area contributed by atoms with Gasteiger partial charge in [-0.25, -0.2) is 0 Å². The van der Waals surface area contributed by atoms with E-state index in [4.69, 9.17) is 0 Å². The number of halogens is 5. The van der Waals surface area contributed by atoms with Crippen LogP contribution in [0.3, 0.4) is 0 Å². The maximum absolute atomic E-state index is 14.1. The van der Waals surface area contributed by atoms with Gasteiger partial charge in [-0.2, -0.15) is 26.6 Å². The molecule has 0 saturated heterocycles. The summed E-state index contributed by atoms with van der Waals surface area (Å²) in [5.74, 6) is -7.75. The van der Waals surface area contributed by atoms with E-state index in [0.29, 0.717) is 11.4 Å². The molecule has 0 saturated carbocycles. The highest BCUT2D eigenvalue weighted by Crippen LogP contribution is 2.43. The number of hydrogen-bond donors (Lipinski definition) is 1. The van der Waals surface area contributed by atoms with Crippen LogP contribution in [0.5, 0.6) is 0 Å². The lowest BCUT2D eigenvalue weighted by Gasteiger charge is -2.19. The Morgan fingerprint density at radius 2 is 1.81 bits per heavy atom. The quantitative estimate of drug-likeness (QED) is 0.396. The number of alkyl halides is 5. The van der Waals surface area contributed by atoms with Crippen LogP contribution in [0.25, 0.3) is 16.9 Å². The van der Waals surface area contributed by atoms with E-state index in [1.165, 1.54) is 36.9 Å². The zero-order valence-electron chi connectivity index (χ0n) is 18.7. The molecule has 0 aliphatic rings. The number of carbonyl (C=O) groups is 1. The Morgan fingerprint density at radius 3 is 2.44 bits per heavy atom. The first-order chi connectivity index (χ1) is 17.0. The molecule has 3 aromatic heterocycles. The monoisotopic (exact) mass is 504 g/mol. The molecule has 4 aromatic rings. The molecule has 1 unspecified atom stereocenters. The number of aromatic nitrogens is 7. The van der Waals surface area contributed by atoms with Gasteiger partial charge in [0.1, 0.15) is 0 Å². The number of nitrogens with zero attached hydrogens (tertiary/aromatic N) is 7. The van der Waals surface area contributed by atoms with Crippen molar-refractivity contribution in [2.75, 3.05) is 0 Å². The van der Waals surface area contributed by atoms with Gasteiger partial charge in [0, 0.05) is 29.7 Å². The molecule has 0 radical (unpaired) electrons. The Kier molecular flexibility index (Phi) is 6.43. The van der Waals surface area contributed by atoms with Gasteiger partial charge < -0.3 is 5.32 Å². The lowest BCUT2D eigenvalue weighted by molar-refractivity contribution is -0.293. The topological polar surface area (TPSA) is 111 Å². The zero-order chi connectivity index (χ0) is 26.1. The lowest BCUT2D eigenvalue weighted by Crippen LogP contribution is -2.36. The van der Waals surface area contributed by atoms with Crippen molar-refractivity contribution < 1.29 is 26.7 Å². The summed E-state index contributed by atoms with van der Waals surface area (Å²) in [6.07, 6.45) is -0.0433. The molecule has 9 nitrogen and oxygen atoms in total. The van der Waals surface area contributed by atoms with Crippen LogP contribution in [-0.2, 0) is 5.92 Å². The molecular formula is C22H17F5N8O. The molecule has 0 bridgehead atoms. The SMILES string of the molecule is Cc1ccc(-c2cc(C(=O)NC(C)c3cnccn3)cc(-n3nnnc3C(F)(F)C(F)(F)F)c2)nc1. The summed E-state index contributed by atoms with van der Waals surface area (Å²) in [5.41, 5.74) is 1.54. The van der Waals surface area contributed by atoms with Gasteiger partial charge in [0.15, 0.2) is 0 Å². The highest BCUT2D eigenvalue weighted by molar-refractivity contribution is 5.96. The van der Waals surface area contributed by atoms with Crippen molar-refractivity contribution in [1.82, 2.24) is 40.5 Å². The fraction of sp³-hybridized carbons (Fsp3) is 0.227. The number of nitrogens with one attached hydrogen (secondary N) is 1. The van der Waals surface area contributed by atoms with E-state index in [1.54, 1.807) is 26.0 Å². The van der Waals surface area contributed by atoms with Gasteiger partial charge in [0.2, 0.25) is 5.82 Å². The smallest absolute Gasteiger partial charge is 0.344 e. The normalized spacial score (nSPS) is 12.9. The van der Waals surface area contributed by atoms with Crippen molar-refractivity contribution in [1.29, 1.82) is 0 Å². The van der Waals surface area contributed by atoms with Crippen molar-refractivity contribution in [3.05, 3.63) is 77.8 Å². The standard InChI is InChI=1S/C22H17F5N8O/c1-12-3-4-17(30-10-12)14-7-15(19(36)31-13(2)18-11-28-5-6-29-18)9-16(8-14)35-20(32-33-34-35)21(23,24)22(25,26)27/h3-11,13H,1-2H3,(H,31,36). The molecule has 14 heteroatoms. The molecule has 186 valence electrons. The molecule has 0 fully saturated rings. The summed E-state index contributed by atoms with van der Waals surface area (Å²) in [7, 11) is 0. The fourth-order valence-corrected chi connectivity index (χ4v) is 3.22. The number of hydrogen-bond acceptors (Lipinski definition) is 7. The molecule has 36 heavy (non-hydrogen) atoms. The first kappa shape index (κ1) is 24.8. The molecule has 1 atom stereocenters. The Labute approximate surface area is 200 Å². The minimum Gasteiger partial charge on any atom is -0.344 e. The maximum atomic E-state index is 14.1. The molecule has 1 aromatic carbocycles. The van der Waals surface area contributed by atoms with Crippen molar-refractivity contribution in [3.8, 4) is 16.9 Å². The number of benzene rings is 1. The van der Waals surface area contributed by atoms with Gasteiger partial charge in [0.05, 0.1) is 29.3 Å². The van der Waals surface area contributed by atoms with Crippen LogP contribution in [0.4, 0.5) is 22.0 Å². The number of pyridine rings is 1. The summed E-state index contributed by atoms with van der Waals surface area (Å²) >= 11 is 0. The van der Waals surface area contributed by atoms with E-state index < -0.39 is 29.9 Å². The number of carbonyl (C=O) groups excluding carboxylic acids is 1. The summed E-state index contributed by atoms with van der Waals surface area (Å²) in [4.78, 5) is 25.4. The minimum atomic E-state index is -5.94. The largest absolute Gasteiger partial charge is 0.461 e. The van der Waals surface area contributed by atoms with Gasteiger partial charge in [-0.15, -0.1) is 5.10 Å². The van der Waals surface area contributed by atoms with Gasteiger partial charge in [-0.3, -0.25) is 19.7 Å². The third kappa shape index (κ3) is 4.87. The van der Waals surface area contributed by atoms with Gasteiger partial charge in [0.25, 0.3) is 5.91 Å². The van der Waals surface area contributed by atoms with Crippen molar-refractivity contribution in [2.24, 2.45) is 0 Å². The summed E-state index contributed by atoms with van der Waals surface area (Å²) < 4.78 is 67.6. The van der Waals surface area contributed by atoms with E-state index in [-0.39, 0.29) is 21.5 Å². The van der Waals surface area contributed by atoms with Gasteiger partial charge in [-0.05, 0) is 54.1 Å². The average Bonchev–Trinajstić information content (AvgIpc) is 3.35. The molecule has 3 heterocycles. The third-order valence-corrected chi connectivity index (χ3v) is 5.11. The second-order valence-corrected chi connectivity index (χ2v) is 7.80. The third-order valence-electron chi connectivity index (χ3n) is 5.11. The number of tetrazole rings is 1. The number of rotatable bonds is 6. The predicted octanol–water partition coefficient (Wildman–Crippen LogP) is 3.97. The maximum Gasteiger partial charge on any atom is 0.461 e. The van der Waals surface area contributed by atoms with Crippen LogP contribution < -0.4 is 5.32 Å². The van der Waals surface area contributed by atoms with Crippen LogP contribution in [0.2, 0.25) is 0 Å². The van der Waals surface area contributed by atoms with Crippen molar-refractivity contribution in [2.45, 2.75) is 32.0 Å². The first-order valence-corrected chi connectivity index (χ1v) is 10.4. The summed E-state index contributed by atoms with van der Waals surface area (Å²) in [6, 6.07) is 6.53. The van der Waals surface area contributed by atoms with Crippen LogP contribution in [0, 0.1) is 6.92 Å². The van der Waals surface area contributed by atoms with E-state index in [0.717, 1.165) is 11.6 Å². The Hall–Kier alpha value is -4.36. The van der Waals surface area contributed by atoms with E-state index in [2.05, 4.69) is 35.8 Å². The highest BCUT2D eigenvalue weighted by Gasteiger charge is 2.62. The Balaban J connectivity index is 1.80. The highest BCUT2D eigenvalue weighted by atomic mass is 19.4. The molecule has 4 rings (SSSR count). The first-order valence-electron chi connectivity index (χ1n) is 10.4. The van der Waals surface area contributed by atoms with Crippen LogP contribution in [0.1, 0.15) is 40.4 Å². The van der Waals surface area contributed by atoms with Crippen LogP contribution >= 0.6 is 0 Å². The molecule has 0 spiro atoms. The lowest BCUT2D eigenvalue weighted by atomic mass is 10.0. The van der Waals surface area contributed by atoms with Crippen molar-refractivity contribution in [3.63, 3.8) is 0 Å². The number of amides is 1. The van der Waals surface area contributed by atoms with Gasteiger partial charge in [-0.1, -0.05) is 6.07 Å². The van der Waals surface area contributed by atoms with Crippen LogP contribution in [0.15, 0.2) is 55.1 Å². The Morgan fingerprint density at radius 1 is 1.03 bits per heavy atom. The van der Waals surface area contributed by atoms with Gasteiger partial charge >= 0.3 is 12.1 Å². The Bertz CT molecular complexity index is 1370. The second kappa shape index (κ2) is 9.36. The summed E-state index contributed by atoms with van der Waals surface area (Å²) in [5, 5.41) is 11.9. The molecule has 0 aliphatic carbocycles. The predicted molar refractivity (Wildman–Crippen MR) is 115 cm³/mol. The minimum absolute atomic E-state index is 0.0580. The van der Waals surface area contributed by atoms with E-state index in [1.807, 2.05) is 0 Å². The molecule has 0 aliphatic heterocycles. The zero-order valence-corrected chi connectivity index (χ0v) is 18.7. The van der Waals surface area contributed by atoms with Crippen LogP contribution in [-0.4, -0.2) is 47.2 Å². The van der Waals surface area contributed by atoms with Crippen molar-refractivity contribution >= 4 is 5.91 Å².